The molecule has 0 atom stereocenters. The Kier molecular flexibility index (Phi) is 13.4. The standard InChI is InChI=1S/C54H34N2.C48H30N2/c1-3-14-41(15-4-1)55-49-21-10-9-19-45(49)46-29-26-38(34-52(46)55)35-22-24-37(25-23-35)43-20-11-13-39-33-48-40(32-47(39)43)28-31-51-54(48)53-44-18-8-7-12-36(44)27-30-50(53)56(51)42-16-5-2-6-17-42;1-2-14-35(15-3-1)50-45-27-24-34-28-32-12-4-5-13-33(32)29-42(34)48(45)47-40-19-7-6-16-37(40)41(30-46(47)50)31-22-25-36(26-23-31)49-43-20-10-8-17-38(43)39-18-9-11-21-44(39)49/h1-34H;1-30H. The van der Waals surface area contributed by atoms with Crippen molar-refractivity contribution >= 4 is 152 Å². The minimum Gasteiger partial charge on any atom is -0.309 e. The van der Waals surface area contributed by atoms with Gasteiger partial charge in [0.2, 0.25) is 0 Å². The van der Waals surface area contributed by atoms with Crippen LogP contribution in [0.3, 0.4) is 0 Å². The number of fused-ring (bicyclic) bond motifs is 22. The van der Waals surface area contributed by atoms with Crippen LogP contribution in [0.25, 0.3) is 208 Å². The van der Waals surface area contributed by atoms with Gasteiger partial charge in [0.25, 0.3) is 0 Å². The topological polar surface area (TPSA) is 19.7 Å². The van der Waals surface area contributed by atoms with E-state index in [1.165, 1.54) is 197 Å². The van der Waals surface area contributed by atoms with Crippen LogP contribution in [0.1, 0.15) is 0 Å². The summed E-state index contributed by atoms with van der Waals surface area (Å²) in [5, 5.41) is 25.5. The molecule has 0 aliphatic carbocycles. The molecule has 106 heavy (non-hydrogen) atoms. The number of aromatic nitrogens is 4. The first-order valence-corrected chi connectivity index (χ1v) is 36.6. The van der Waals surface area contributed by atoms with Crippen molar-refractivity contribution in [2.75, 3.05) is 0 Å². The number of hydrogen-bond donors (Lipinski definition) is 0. The fraction of sp³-hybridized carbons (Fsp3) is 0. The highest BCUT2D eigenvalue weighted by Gasteiger charge is 2.23. The molecule has 0 unspecified atom stereocenters. The minimum atomic E-state index is 1.16. The maximum absolute atomic E-state index is 2.46. The molecule has 0 spiro atoms. The molecule has 0 fully saturated rings. The molecule has 4 heterocycles. The zero-order valence-electron chi connectivity index (χ0n) is 57.7. The quantitative estimate of drug-likeness (QED) is 0.142. The van der Waals surface area contributed by atoms with E-state index in [1.54, 1.807) is 0 Å². The number of benzene rings is 19. The average Bonchev–Trinajstić information content (AvgIpc) is 1.57. The predicted molar refractivity (Wildman–Crippen MR) is 452 cm³/mol. The lowest BCUT2D eigenvalue weighted by molar-refractivity contribution is 1.18. The molecule has 0 aliphatic heterocycles. The Morgan fingerprint density at radius 2 is 0.491 bits per heavy atom. The third-order valence-electron chi connectivity index (χ3n) is 22.5. The fourth-order valence-corrected chi connectivity index (χ4v) is 17.8. The van der Waals surface area contributed by atoms with Gasteiger partial charge in [-0.25, -0.2) is 0 Å². The molecule has 0 radical (unpaired) electrons. The van der Waals surface area contributed by atoms with Gasteiger partial charge in [-0.2, -0.15) is 0 Å². The molecule has 0 amide bonds. The maximum Gasteiger partial charge on any atom is 0.0553 e. The predicted octanol–water partition coefficient (Wildman–Crippen LogP) is 27.7. The molecule has 0 N–H and O–H groups in total. The van der Waals surface area contributed by atoms with E-state index in [1.807, 2.05) is 0 Å². The van der Waals surface area contributed by atoms with Crippen molar-refractivity contribution in [2.24, 2.45) is 0 Å². The van der Waals surface area contributed by atoms with Crippen molar-refractivity contribution in [1.82, 2.24) is 18.3 Å². The molecule has 4 nitrogen and oxygen atoms in total. The van der Waals surface area contributed by atoms with Crippen molar-refractivity contribution in [3.63, 3.8) is 0 Å². The summed E-state index contributed by atoms with van der Waals surface area (Å²) >= 11 is 0. The van der Waals surface area contributed by atoms with Crippen molar-refractivity contribution in [1.29, 1.82) is 0 Å². The van der Waals surface area contributed by atoms with Crippen molar-refractivity contribution < 1.29 is 0 Å². The van der Waals surface area contributed by atoms with Crippen molar-refractivity contribution in [3.8, 4) is 56.1 Å². The van der Waals surface area contributed by atoms with E-state index in [0.29, 0.717) is 0 Å². The van der Waals surface area contributed by atoms with Crippen molar-refractivity contribution in [3.05, 3.63) is 388 Å². The van der Waals surface area contributed by atoms with Gasteiger partial charge >= 0.3 is 0 Å². The molecule has 0 saturated carbocycles. The second-order valence-electron chi connectivity index (χ2n) is 28.2. The fourth-order valence-electron chi connectivity index (χ4n) is 17.8. The van der Waals surface area contributed by atoms with Gasteiger partial charge in [0.1, 0.15) is 0 Å². The van der Waals surface area contributed by atoms with Gasteiger partial charge in [0, 0.05) is 65.8 Å². The molecule has 4 aromatic heterocycles. The summed E-state index contributed by atoms with van der Waals surface area (Å²) in [7, 11) is 0. The number of rotatable bonds is 7. The maximum atomic E-state index is 2.46. The molecule has 492 valence electrons. The highest BCUT2D eigenvalue weighted by Crippen LogP contribution is 2.47. The van der Waals surface area contributed by atoms with E-state index in [0.717, 1.165) is 11.4 Å². The van der Waals surface area contributed by atoms with E-state index >= 15 is 0 Å². The van der Waals surface area contributed by atoms with Gasteiger partial charge in [-0.15, -0.1) is 0 Å². The highest BCUT2D eigenvalue weighted by atomic mass is 15.0. The van der Waals surface area contributed by atoms with Crippen molar-refractivity contribution in [2.45, 2.75) is 0 Å². The highest BCUT2D eigenvalue weighted by molar-refractivity contribution is 6.32. The molecule has 0 saturated heterocycles. The van der Waals surface area contributed by atoms with E-state index < -0.39 is 0 Å². The van der Waals surface area contributed by atoms with Crippen LogP contribution >= 0.6 is 0 Å². The molecule has 19 aromatic carbocycles. The summed E-state index contributed by atoms with van der Waals surface area (Å²) in [5.74, 6) is 0. The second-order valence-corrected chi connectivity index (χ2v) is 28.2. The Morgan fingerprint density at radius 1 is 0.132 bits per heavy atom. The van der Waals surface area contributed by atoms with E-state index in [-0.39, 0.29) is 0 Å². The summed E-state index contributed by atoms with van der Waals surface area (Å²) in [6, 6.07) is 142. The lowest BCUT2D eigenvalue weighted by Gasteiger charge is -2.13. The first kappa shape index (κ1) is 59.6. The molecule has 4 heteroatoms. The molecule has 23 rings (SSSR count). The molecular weight excluding hydrogens is 1280 g/mol. The van der Waals surface area contributed by atoms with Gasteiger partial charge in [-0.1, -0.05) is 267 Å². The summed E-state index contributed by atoms with van der Waals surface area (Å²) in [6.45, 7) is 0. The van der Waals surface area contributed by atoms with Gasteiger partial charge < -0.3 is 18.3 Å². The Morgan fingerprint density at radius 3 is 1.08 bits per heavy atom. The first-order chi connectivity index (χ1) is 52.6. The van der Waals surface area contributed by atoms with Gasteiger partial charge in [0.05, 0.1) is 44.1 Å². The summed E-state index contributed by atoms with van der Waals surface area (Å²) in [6.07, 6.45) is 0. The zero-order chi connectivity index (χ0) is 69.5. The Balaban J connectivity index is 0.000000133. The van der Waals surface area contributed by atoms with E-state index in [4.69, 9.17) is 0 Å². The summed E-state index contributed by atoms with van der Waals surface area (Å²) in [5.41, 5.74) is 21.7. The van der Waals surface area contributed by atoms with Crippen LogP contribution in [0.4, 0.5) is 0 Å². The van der Waals surface area contributed by atoms with Crippen LogP contribution in [0.15, 0.2) is 388 Å². The van der Waals surface area contributed by atoms with E-state index in [9.17, 15) is 0 Å². The molecule has 23 aromatic rings. The zero-order valence-corrected chi connectivity index (χ0v) is 57.7. The summed E-state index contributed by atoms with van der Waals surface area (Å²) < 4.78 is 9.66. The molecule has 0 bridgehead atoms. The second kappa shape index (κ2) is 23.8. The third kappa shape index (κ3) is 9.21. The SMILES string of the molecule is c1ccc(-n2c3ccc4cc5ccccc5cc4c3c3c4ccccc4c(-c4ccc(-n5c6ccccc6c6ccccc65)cc4)cc32)cc1.c1ccc(-n2c3ccccc3c3ccc(-c4ccc(-c5cccc6cc7c(ccc8c7c7c9ccccc9ccc7n8-c7ccccc7)cc56)cc4)cc32)cc1. The minimum absolute atomic E-state index is 1.16. The Labute approximate surface area is 610 Å². The number of para-hydroxylation sites is 6. The van der Waals surface area contributed by atoms with Crippen LogP contribution in [0.5, 0.6) is 0 Å². The van der Waals surface area contributed by atoms with Crippen LogP contribution < -0.4 is 0 Å². The van der Waals surface area contributed by atoms with E-state index in [2.05, 4.69) is 407 Å². The lowest BCUT2D eigenvalue weighted by atomic mass is 9.92. The van der Waals surface area contributed by atoms with Crippen LogP contribution in [-0.4, -0.2) is 18.3 Å². The van der Waals surface area contributed by atoms with Crippen LogP contribution in [0.2, 0.25) is 0 Å². The number of nitrogens with zero attached hydrogens (tertiary/aromatic N) is 4. The van der Waals surface area contributed by atoms with Gasteiger partial charge in [-0.3, -0.25) is 0 Å². The largest absolute Gasteiger partial charge is 0.309 e. The van der Waals surface area contributed by atoms with Gasteiger partial charge in [0.15, 0.2) is 0 Å². The Bertz CT molecular complexity index is 7470. The molecular formula is C102H64N4. The number of hydrogen-bond acceptors (Lipinski definition) is 0. The normalized spacial score (nSPS) is 12.0. The van der Waals surface area contributed by atoms with Gasteiger partial charge in [-0.05, 0) is 219 Å². The van der Waals surface area contributed by atoms with Crippen LogP contribution in [-0.2, 0) is 0 Å². The smallest absolute Gasteiger partial charge is 0.0553 e. The van der Waals surface area contributed by atoms with Crippen LogP contribution in [0, 0.1) is 0 Å². The average molecular weight is 1350 g/mol. The monoisotopic (exact) mass is 1340 g/mol. The Hall–Kier alpha value is -14.1. The third-order valence-corrected chi connectivity index (χ3v) is 22.5. The molecule has 0 aliphatic rings. The summed E-state index contributed by atoms with van der Waals surface area (Å²) in [4.78, 5) is 0. The lowest BCUT2D eigenvalue weighted by Crippen LogP contribution is -1.95. The first-order valence-electron chi connectivity index (χ1n) is 36.6.